The Morgan fingerprint density at radius 3 is 1.46 bits per heavy atom. The second kappa shape index (κ2) is 11.2. The Morgan fingerprint density at radius 2 is 1.23 bits per heavy atom. The number of benzene rings is 1. The Bertz CT molecular complexity index is 178. The maximum absolute atomic E-state index is 3.21. The van der Waals surface area contributed by atoms with Crippen molar-refractivity contribution < 1.29 is 41.9 Å². The summed E-state index contributed by atoms with van der Waals surface area (Å²) in [5.74, 6) is 0. The van der Waals surface area contributed by atoms with Gasteiger partial charge in [-0.15, -0.1) is 0 Å². The fraction of sp³-hybridized carbons (Fsp3) is 0.333. The summed E-state index contributed by atoms with van der Waals surface area (Å²) in [5, 5.41) is 0. The molecule has 0 N–H and O–H groups in total. The molecule has 13 heavy (non-hydrogen) atoms. The quantitative estimate of drug-likeness (QED) is 0.335. The predicted octanol–water partition coefficient (Wildman–Crippen LogP) is -3.96. The fourth-order valence-corrected chi connectivity index (χ4v) is 1.11. The third kappa shape index (κ3) is 9.39. The molecule has 0 aliphatic heterocycles. The van der Waals surface area contributed by atoms with Crippen molar-refractivity contribution in [2.45, 2.75) is 20.8 Å². The molecule has 0 saturated carbocycles. The van der Waals surface area contributed by atoms with E-state index in [1.54, 1.807) is 0 Å². The molecule has 1 aromatic carbocycles. The maximum Gasteiger partial charge on any atom is 2.00 e. The minimum absolute atomic E-state index is 0. The van der Waals surface area contributed by atoms with E-state index in [0.717, 1.165) is 0 Å². The molecule has 0 aliphatic rings. The molecule has 74 valence electrons. The number of aryl methyl sites for hydroxylation is 3. The zero-order valence-corrected chi connectivity index (χ0v) is 11.8. The summed E-state index contributed by atoms with van der Waals surface area (Å²) < 4.78 is 0. The van der Waals surface area contributed by atoms with Gasteiger partial charge in [-0.25, -0.2) is 0 Å². The first kappa shape index (κ1) is 23.7. The van der Waals surface area contributed by atoms with Crippen LogP contribution >= 0.6 is 0 Å². The van der Waals surface area contributed by atoms with E-state index in [-0.39, 0.29) is 64.9 Å². The van der Waals surface area contributed by atoms with Crippen LogP contribution in [0.1, 0.15) is 16.7 Å². The molecular weight excluding hydrogens is 267 g/mol. The molecule has 0 amide bonds. The molecule has 0 aliphatic carbocycles. The second-order valence-electron chi connectivity index (χ2n) is 2.52. The van der Waals surface area contributed by atoms with Crippen molar-refractivity contribution in [3.05, 3.63) is 34.9 Å². The molecule has 0 spiro atoms. The number of hydrogen-bond acceptors (Lipinski definition) is 0. The molecule has 0 nitrogen and oxygen atoms in total. The van der Waals surface area contributed by atoms with E-state index in [1.165, 1.54) is 16.7 Å². The van der Waals surface area contributed by atoms with E-state index >= 15 is 0 Å². The minimum Gasteiger partial charge on any atom is -1.00 e. The summed E-state index contributed by atoms with van der Waals surface area (Å²) in [6, 6.07) is 7.47. The first-order valence-electron chi connectivity index (χ1n) is 3.15. The van der Waals surface area contributed by atoms with E-state index in [1.807, 2.05) is 0 Å². The summed E-state index contributed by atoms with van der Waals surface area (Å²) in [4.78, 5) is 0. The van der Waals surface area contributed by atoms with Crippen LogP contribution in [0.2, 0.25) is 0 Å². The Morgan fingerprint density at radius 1 is 0.923 bits per heavy atom. The molecule has 0 aromatic heterocycles. The van der Waals surface area contributed by atoms with E-state index in [0.29, 0.717) is 0 Å². The largest absolute Gasteiger partial charge is 2.00 e. The van der Waals surface area contributed by atoms with Crippen molar-refractivity contribution in [2.75, 3.05) is 0 Å². The third-order valence-corrected chi connectivity index (χ3v) is 1.28. The van der Waals surface area contributed by atoms with Gasteiger partial charge >= 0.3 is 40.1 Å². The number of hydrogen-bond donors (Lipinski definition) is 0. The van der Waals surface area contributed by atoms with Gasteiger partial charge in [0.25, 0.3) is 0 Å². The number of rotatable bonds is 0. The molecule has 0 heterocycles. The van der Waals surface area contributed by atoms with Gasteiger partial charge in [0.05, 0.1) is 0 Å². The van der Waals surface area contributed by atoms with Gasteiger partial charge in [-0.3, -0.25) is 0 Å². The van der Waals surface area contributed by atoms with Crippen LogP contribution in [0.25, 0.3) is 0 Å². The fourth-order valence-electron chi connectivity index (χ4n) is 1.11. The van der Waals surface area contributed by atoms with Gasteiger partial charge in [0.2, 0.25) is 0 Å². The summed E-state index contributed by atoms with van der Waals surface area (Å²) in [6.07, 6.45) is 0. The smallest absolute Gasteiger partial charge is 1.00 e. The Labute approximate surface area is 120 Å². The van der Waals surface area contributed by atoms with E-state index < -0.39 is 0 Å². The van der Waals surface area contributed by atoms with Crippen LogP contribution in [0.15, 0.2) is 12.1 Å². The summed E-state index contributed by atoms with van der Waals surface area (Å²) in [5.41, 5.74) is 3.78. The van der Waals surface area contributed by atoms with Gasteiger partial charge in [-0.2, -0.15) is 34.9 Å². The SMILES string of the molecule is Cc1[c-]c(C)cc(C)c1.[Cl-].[Cl-].[Cu+].[Mg+2]. The molecule has 0 atom stereocenters. The van der Waals surface area contributed by atoms with E-state index in [4.69, 9.17) is 0 Å². The topological polar surface area (TPSA) is 0 Å². The van der Waals surface area contributed by atoms with Crippen molar-refractivity contribution in [3.8, 4) is 0 Å². The normalized spacial score (nSPS) is 6.69. The zero-order chi connectivity index (χ0) is 6.85. The van der Waals surface area contributed by atoms with Crippen LogP contribution in [0.4, 0.5) is 0 Å². The minimum atomic E-state index is 0. The summed E-state index contributed by atoms with van der Waals surface area (Å²) in [6.45, 7) is 6.24. The van der Waals surface area contributed by atoms with Crippen LogP contribution in [0.5, 0.6) is 0 Å². The van der Waals surface area contributed by atoms with Crippen LogP contribution < -0.4 is 24.8 Å². The van der Waals surface area contributed by atoms with Crippen molar-refractivity contribution >= 4 is 23.1 Å². The second-order valence-corrected chi connectivity index (χ2v) is 2.52. The maximum atomic E-state index is 3.21. The Hall–Kier alpha value is 1.09. The molecule has 0 unspecified atom stereocenters. The number of halogens is 2. The Kier molecular flexibility index (Phi) is 20.4. The van der Waals surface area contributed by atoms with E-state index in [2.05, 4.69) is 39.0 Å². The molecular formula is C9H11Cl2CuMg. The zero-order valence-electron chi connectivity index (χ0n) is 7.92. The Balaban J connectivity index is -0.000000101. The van der Waals surface area contributed by atoms with Gasteiger partial charge in [0.15, 0.2) is 0 Å². The molecule has 0 radical (unpaired) electrons. The molecule has 0 fully saturated rings. The van der Waals surface area contributed by atoms with E-state index in [9.17, 15) is 0 Å². The van der Waals surface area contributed by atoms with Crippen molar-refractivity contribution in [2.24, 2.45) is 0 Å². The average Bonchev–Trinajstić information content (AvgIpc) is 1.59. The van der Waals surface area contributed by atoms with Crippen LogP contribution in [-0.4, -0.2) is 23.1 Å². The van der Waals surface area contributed by atoms with Crippen molar-refractivity contribution in [1.82, 2.24) is 0 Å². The first-order valence-corrected chi connectivity index (χ1v) is 3.15. The monoisotopic (exact) mass is 276 g/mol. The van der Waals surface area contributed by atoms with Gasteiger partial charge in [0.1, 0.15) is 0 Å². The molecule has 0 saturated heterocycles. The van der Waals surface area contributed by atoms with Crippen LogP contribution in [0, 0.1) is 26.8 Å². The van der Waals surface area contributed by atoms with Gasteiger partial charge < -0.3 is 24.8 Å². The van der Waals surface area contributed by atoms with Gasteiger partial charge in [-0.1, -0.05) is 20.8 Å². The van der Waals surface area contributed by atoms with Crippen molar-refractivity contribution in [3.63, 3.8) is 0 Å². The summed E-state index contributed by atoms with van der Waals surface area (Å²) in [7, 11) is 0. The molecule has 1 aromatic rings. The molecule has 0 bridgehead atoms. The van der Waals surface area contributed by atoms with Gasteiger partial charge in [0, 0.05) is 0 Å². The predicted molar refractivity (Wildman–Crippen MR) is 45.2 cm³/mol. The van der Waals surface area contributed by atoms with Crippen LogP contribution in [0.3, 0.4) is 0 Å². The average molecular weight is 278 g/mol. The molecule has 4 heteroatoms. The third-order valence-electron chi connectivity index (χ3n) is 1.28. The van der Waals surface area contributed by atoms with Crippen molar-refractivity contribution in [1.29, 1.82) is 0 Å². The first-order chi connectivity index (χ1) is 4.18. The molecule has 1 rings (SSSR count). The van der Waals surface area contributed by atoms with Gasteiger partial charge in [-0.05, 0) is 0 Å². The summed E-state index contributed by atoms with van der Waals surface area (Å²) >= 11 is 0. The van der Waals surface area contributed by atoms with Crippen LogP contribution in [-0.2, 0) is 17.1 Å². The standard InChI is InChI=1S/C9H11.2ClH.Cu.Mg/c1-7-4-8(2)6-9(3)5-7;;;;/h4-5H,1-3H3;2*1H;;/q-1;;;+1;+2/p-2.